The lowest BCUT2D eigenvalue weighted by Gasteiger charge is -2.21. The molecule has 0 atom stereocenters. The summed E-state index contributed by atoms with van der Waals surface area (Å²) in [6.45, 7) is 2.41. The third-order valence-electron chi connectivity index (χ3n) is 2.76. The van der Waals surface area contributed by atoms with Crippen LogP contribution in [0.5, 0.6) is 11.6 Å². The molecular formula is C14H15ClF2N2O2. The highest BCUT2D eigenvalue weighted by molar-refractivity contribution is 6.34. The largest absolute Gasteiger partial charge is 0.508 e. The molecule has 0 aliphatic carbocycles. The number of phenolic OH excluding ortho intramolecular Hbond substituents is 1. The van der Waals surface area contributed by atoms with Crippen molar-refractivity contribution >= 4 is 11.6 Å². The van der Waals surface area contributed by atoms with Crippen LogP contribution in [0.25, 0.3) is 11.3 Å². The molecule has 1 aromatic carbocycles. The van der Waals surface area contributed by atoms with Gasteiger partial charge in [0, 0.05) is 5.56 Å². The Bertz CT molecular complexity index is 634. The van der Waals surface area contributed by atoms with Crippen molar-refractivity contribution < 1.29 is 18.6 Å². The van der Waals surface area contributed by atoms with Crippen molar-refractivity contribution in [3.63, 3.8) is 0 Å². The van der Waals surface area contributed by atoms with Crippen LogP contribution < -0.4 is 4.74 Å². The van der Waals surface area contributed by atoms with Gasteiger partial charge in [0.25, 0.3) is 0 Å². The number of benzene rings is 1. The monoisotopic (exact) mass is 316 g/mol. The first kappa shape index (κ1) is 15.6. The van der Waals surface area contributed by atoms with Crippen LogP contribution in [0.1, 0.15) is 20.8 Å². The van der Waals surface area contributed by atoms with Gasteiger partial charge in [-0.3, -0.25) is 0 Å². The average Bonchev–Trinajstić information content (AvgIpc) is 2.68. The van der Waals surface area contributed by atoms with Crippen molar-refractivity contribution in [3.8, 4) is 22.9 Å². The molecule has 4 nitrogen and oxygen atoms in total. The van der Waals surface area contributed by atoms with E-state index >= 15 is 0 Å². The number of halogens is 3. The summed E-state index contributed by atoms with van der Waals surface area (Å²) in [5.74, 6) is -0.0866. The highest BCUT2D eigenvalue weighted by Gasteiger charge is 2.28. The van der Waals surface area contributed by atoms with E-state index in [0.717, 1.165) is 0 Å². The van der Waals surface area contributed by atoms with Crippen LogP contribution in [0.15, 0.2) is 24.3 Å². The van der Waals surface area contributed by atoms with Gasteiger partial charge in [-0.25, -0.2) is 4.68 Å². The first-order valence-electron chi connectivity index (χ1n) is 6.23. The second-order valence-corrected chi connectivity index (χ2v) is 5.85. The van der Waals surface area contributed by atoms with Crippen molar-refractivity contribution in [2.24, 2.45) is 0 Å². The fraction of sp³-hybridized carbons (Fsp3) is 0.357. The predicted molar refractivity (Wildman–Crippen MR) is 76.0 cm³/mol. The molecular weight excluding hydrogens is 302 g/mol. The molecule has 0 saturated carbocycles. The number of aromatic nitrogens is 2. The van der Waals surface area contributed by atoms with Crippen LogP contribution in [-0.2, 0) is 5.54 Å². The molecule has 0 amide bonds. The van der Waals surface area contributed by atoms with Crippen molar-refractivity contribution in [2.45, 2.75) is 32.9 Å². The van der Waals surface area contributed by atoms with E-state index in [1.54, 1.807) is 32.9 Å². The Labute approximate surface area is 125 Å². The van der Waals surface area contributed by atoms with Crippen LogP contribution in [0.4, 0.5) is 8.78 Å². The Hall–Kier alpha value is -1.82. The van der Waals surface area contributed by atoms with Gasteiger partial charge < -0.3 is 9.84 Å². The van der Waals surface area contributed by atoms with Gasteiger partial charge in [-0.1, -0.05) is 11.6 Å². The minimum atomic E-state index is -2.99. The molecule has 114 valence electrons. The maximum atomic E-state index is 12.6. The van der Waals surface area contributed by atoms with E-state index in [4.69, 9.17) is 11.6 Å². The third-order valence-corrected chi connectivity index (χ3v) is 3.11. The molecule has 1 aromatic heterocycles. The van der Waals surface area contributed by atoms with Crippen LogP contribution in [-0.4, -0.2) is 21.5 Å². The summed E-state index contributed by atoms with van der Waals surface area (Å²) in [5.41, 5.74) is 0.338. The van der Waals surface area contributed by atoms with E-state index in [2.05, 4.69) is 9.84 Å². The number of hydrogen-bond acceptors (Lipinski definition) is 3. The Morgan fingerprint density at radius 3 is 2.29 bits per heavy atom. The van der Waals surface area contributed by atoms with Gasteiger partial charge in [0.2, 0.25) is 5.88 Å². The Balaban J connectivity index is 2.58. The summed E-state index contributed by atoms with van der Waals surface area (Å²) in [6.07, 6.45) is 0. The number of alkyl halides is 2. The van der Waals surface area contributed by atoms with E-state index in [0.29, 0.717) is 11.3 Å². The van der Waals surface area contributed by atoms with Crippen LogP contribution in [0.2, 0.25) is 5.02 Å². The molecule has 0 aliphatic rings. The highest BCUT2D eigenvalue weighted by Crippen LogP contribution is 2.39. The lowest BCUT2D eigenvalue weighted by Crippen LogP contribution is -2.25. The zero-order valence-corrected chi connectivity index (χ0v) is 12.5. The number of aromatic hydroxyl groups is 1. The maximum absolute atomic E-state index is 12.6. The number of ether oxygens (including phenoxy) is 1. The van der Waals surface area contributed by atoms with Crippen LogP contribution in [0.3, 0.4) is 0 Å². The topological polar surface area (TPSA) is 47.3 Å². The van der Waals surface area contributed by atoms with Gasteiger partial charge in [0.15, 0.2) is 0 Å². The molecule has 1 heterocycles. The van der Waals surface area contributed by atoms with Crippen LogP contribution in [0, 0.1) is 0 Å². The Morgan fingerprint density at radius 1 is 1.24 bits per heavy atom. The number of rotatable bonds is 3. The molecule has 0 saturated heterocycles. The molecule has 1 N–H and O–H groups in total. The second kappa shape index (κ2) is 5.52. The second-order valence-electron chi connectivity index (χ2n) is 5.48. The fourth-order valence-corrected chi connectivity index (χ4v) is 2.10. The van der Waals surface area contributed by atoms with E-state index in [1.165, 1.54) is 16.8 Å². The summed E-state index contributed by atoms with van der Waals surface area (Å²) in [5, 5.41) is 13.6. The first-order chi connectivity index (χ1) is 9.70. The van der Waals surface area contributed by atoms with E-state index in [-0.39, 0.29) is 16.7 Å². The fourth-order valence-electron chi connectivity index (χ4n) is 1.83. The quantitative estimate of drug-likeness (QED) is 0.920. The van der Waals surface area contributed by atoms with Crippen molar-refractivity contribution in [1.82, 2.24) is 9.78 Å². The molecule has 0 aliphatic heterocycles. The molecule has 7 heteroatoms. The van der Waals surface area contributed by atoms with Gasteiger partial charge in [-0.2, -0.15) is 13.9 Å². The van der Waals surface area contributed by atoms with E-state index < -0.39 is 12.2 Å². The van der Waals surface area contributed by atoms with Crippen molar-refractivity contribution in [3.05, 3.63) is 29.3 Å². The molecule has 0 spiro atoms. The molecule has 0 fully saturated rings. The summed E-state index contributed by atoms with van der Waals surface area (Å²) >= 11 is 6.15. The summed E-state index contributed by atoms with van der Waals surface area (Å²) in [7, 11) is 0. The number of hydrogen-bond donors (Lipinski definition) is 1. The Kier molecular flexibility index (Phi) is 4.09. The number of phenols is 1. The molecule has 0 bridgehead atoms. The average molecular weight is 317 g/mol. The standard InChI is InChI=1S/C14H15ClF2N2O2/c1-14(2,3)19-12(21-13(16)17)10(15)11(18-19)8-4-6-9(20)7-5-8/h4-7,13,20H,1-3H3. The van der Waals surface area contributed by atoms with E-state index in [1.807, 2.05) is 0 Å². The van der Waals surface area contributed by atoms with Gasteiger partial charge in [0.1, 0.15) is 16.5 Å². The SMILES string of the molecule is CC(C)(C)n1nc(-c2ccc(O)cc2)c(Cl)c1OC(F)F. The smallest absolute Gasteiger partial charge is 0.388 e. The number of nitrogens with zero attached hydrogens (tertiary/aromatic N) is 2. The third kappa shape index (κ3) is 3.26. The van der Waals surface area contributed by atoms with Gasteiger partial charge in [-0.05, 0) is 45.0 Å². The lowest BCUT2D eigenvalue weighted by molar-refractivity contribution is -0.0578. The van der Waals surface area contributed by atoms with Crippen molar-refractivity contribution in [2.75, 3.05) is 0 Å². The highest BCUT2D eigenvalue weighted by atomic mass is 35.5. The normalized spacial score (nSPS) is 12.0. The molecule has 0 radical (unpaired) electrons. The first-order valence-corrected chi connectivity index (χ1v) is 6.61. The Morgan fingerprint density at radius 2 is 1.81 bits per heavy atom. The molecule has 2 aromatic rings. The minimum Gasteiger partial charge on any atom is -0.508 e. The summed E-state index contributed by atoms with van der Waals surface area (Å²) < 4.78 is 31.0. The van der Waals surface area contributed by atoms with Crippen LogP contribution >= 0.6 is 11.6 Å². The summed E-state index contributed by atoms with van der Waals surface area (Å²) in [4.78, 5) is 0. The molecule has 21 heavy (non-hydrogen) atoms. The maximum Gasteiger partial charge on any atom is 0.388 e. The van der Waals surface area contributed by atoms with Crippen molar-refractivity contribution in [1.29, 1.82) is 0 Å². The van der Waals surface area contributed by atoms with Gasteiger partial charge in [-0.15, -0.1) is 0 Å². The summed E-state index contributed by atoms with van der Waals surface area (Å²) in [6, 6.07) is 6.14. The minimum absolute atomic E-state index is 0.0101. The van der Waals surface area contributed by atoms with Gasteiger partial charge in [0.05, 0.1) is 5.54 Å². The van der Waals surface area contributed by atoms with E-state index in [9.17, 15) is 13.9 Å². The zero-order chi connectivity index (χ0) is 15.8. The molecule has 2 rings (SSSR count). The molecule has 0 unspecified atom stereocenters. The lowest BCUT2D eigenvalue weighted by atomic mass is 10.1. The van der Waals surface area contributed by atoms with Gasteiger partial charge >= 0.3 is 6.61 Å². The zero-order valence-electron chi connectivity index (χ0n) is 11.8. The predicted octanol–water partition coefficient (Wildman–Crippen LogP) is 4.27.